The number of hydrogen-bond donors (Lipinski definition) is 0. The molecule has 17 heavy (non-hydrogen) atoms. The van der Waals surface area contributed by atoms with Crippen molar-refractivity contribution in [2.75, 3.05) is 13.6 Å². The van der Waals surface area contributed by atoms with E-state index in [4.69, 9.17) is 0 Å². The third kappa shape index (κ3) is 1.81. The van der Waals surface area contributed by atoms with Crippen LogP contribution in [0.2, 0.25) is 0 Å². The van der Waals surface area contributed by atoms with Gasteiger partial charge in [0.2, 0.25) is 0 Å². The minimum Gasteiger partial charge on any atom is -0.301 e. The summed E-state index contributed by atoms with van der Waals surface area (Å²) in [5.41, 5.74) is 2.96. The Kier molecular flexibility index (Phi) is 2.55. The van der Waals surface area contributed by atoms with Gasteiger partial charge in [-0.3, -0.25) is 4.79 Å². The van der Waals surface area contributed by atoms with Crippen molar-refractivity contribution in [2.24, 2.45) is 0 Å². The van der Waals surface area contributed by atoms with Crippen LogP contribution < -0.4 is 0 Å². The van der Waals surface area contributed by atoms with Gasteiger partial charge in [-0.05, 0) is 31.0 Å². The molecule has 3 rings (SSSR count). The van der Waals surface area contributed by atoms with Crippen LogP contribution in [0.25, 0.3) is 0 Å². The molecule has 0 amide bonds. The van der Waals surface area contributed by atoms with E-state index >= 15 is 0 Å². The predicted molar refractivity (Wildman–Crippen MR) is 67.9 cm³/mol. The number of fused-ring (bicyclic) bond motifs is 2. The topological polar surface area (TPSA) is 20.3 Å². The fourth-order valence-electron chi connectivity index (χ4n) is 3.67. The lowest BCUT2D eigenvalue weighted by Crippen LogP contribution is -2.47. The molecule has 2 heteroatoms. The number of carbonyl (C=O) groups excluding carboxylic acids is 1. The highest BCUT2D eigenvalue weighted by Gasteiger charge is 2.41. The van der Waals surface area contributed by atoms with E-state index in [2.05, 4.69) is 36.2 Å². The zero-order chi connectivity index (χ0) is 11.9. The molecule has 1 unspecified atom stereocenters. The Morgan fingerprint density at radius 3 is 2.94 bits per heavy atom. The molecule has 1 aromatic carbocycles. The number of nitrogens with zero attached hydrogens (tertiary/aromatic N) is 1. The smallest absolute Gasteiger partial charge is 0.133 e. The monoisotopic (exact) mass is 229 g/mol. The molecule has 1 heterocycles. The van der Waals surface area contributed by atoms with Gasteiger partial charge in [0.15, 0.2) is 0 Å². The number of rotatable bonds is 0. The molecule has 1 saturated carbocycles. The number of benzene rings is 1. The molecule has 0 aromatic heterocycles. The van der Waals surface area contributed by atoms with E-state index in [1.54, 1.807) is 0 Å². The molecule has 2 nitrogen and oxygen atoms in total. The third-order valence-electron chi connectivity index (χ3n) is 4.25. The summed E-state index contributed by atoms with van der Waals surface area (Å²) in [4.78, 5) is 14.2. The molecule has 1 atom stereocenters. The first-order valence-electron chi connectivity index (χ1n) is 6.48. The van der Waals surface area contributed by atoms with Gasteiger partial charge in [-0.15, -0.1) is 0 Å². The zero-order valence-corrected chi connectivity index (χ0v) is 10.4. The van der Waals surface area contributed by atoms with Gasteiger partial charge in [0.25, 0.3) is 0 Å². The Morgan fingerprint density at radius 2 is 2.12 bits per heavy atom. The lowest BCUT2D eigenvalue weighted by molar-refractivity contribution is -0.122. The second-order valence-corrected chi connectivity index (χ2v) is 5.68. The molecule has 1 fully saturated rings. The van der Waals surface area contributed by atoms with Crippen molar-refractivity contribution in [3.05, 3.63) is 35.4 Å². The highest BCUT2D eigenvalue weighted by Crippen LogP contribution is 2.42. The summed E-state index contributed by atoms with van der Waals surface area (Å²) < 4.78 is 0. The summed E-state index contributed by atoms with van der Waals surface area (Å²) in [6.45, 7) is 2.06. The van der Waals surface area contributed by atoms with Gasteiger partial charge >= 0.3 is 0 Å². The van der Waals surface area contributed by atoms with E-state index in [-0.39, 0.29) is 5.41 Å². The Balaban J connectivity index is 2.07. The molecular weight excluding hydrogens is 210 g/mol. The summed E-state index contributed by atoms with van der Waals surface area (Å²) in [5.74, 6) is 0.446. The lowest BCUT2D eigenvalue weighted by Gasteiger charge is -2.45. The summed E-state index contributed by atoms with van der Waals surface area (Å²) in [6.07, 6.45) is 3.75. The van der Waals surface area contributed by atoms with Crippen molar-refractivity contribution in [2.45, 2.75) is 37.6 Å². The van der Waals surface area contributed by atoms with Crippen LogP contribution in [0.5, 0.6) is 0 Å². The maximum Gasteiger partial charge on any atom is 0.133 e. The third-order valence-corrected chi connectivity index (χ3v) is 4.25. The van der Waals surface area contributed by atoms with Crippen molar-refractivity contribution in [3.63, 3.8) is 0 Å². The fourth-order valence-corrected chi connectivity index (χ4v) is 3.67. The van der Waals surface area contributed by atoms with Gasteiger partial charge < -0.3 is 4.90 Å². The van der Waals surface area contributed by atoms with Gasteiger partial charge in [0.1, 0.15) is 5.78 Å². The molecule has 90 valence electrons. The van der Waals surface area contributed by atoms with E-state index in [0.29, 0.717) is 5.78 Å². The molecule has 1 aromatic rings. The first kappa shape index (κ1) is 11.0. The number of likely N-dealkylation sites (N-methyl/N-ethyl adjacent to an activating group) is 1. The molecule has 1 aliphatic carbocycles. The second kappa shape index (κ2) is 3.95. The lowest BCUT2D eigenvalue weighted by atomic mass is 9.66. The predicted octanol–water partition coefficient (Wildman–Crippen LogP) is 2.51. The summed E-state index contributed by atoms with van der Waals surface area (Å²) in [5, 5.41) is 0. The highest BCUT2D eigenvalue weighted by atomic mass is 16.1. The van der Waals surface area contributed by atoms with E-state index in [1.165, 1.54) is 17.5 Å². The standard InChI is InChI=1S/C15H19NO/c1-16-10-12-5-2-3-7-14(12)15(11-16)8-4-6-13(17)9-15/h2-3,5,7H,4,6,8-11H2,1H3. The molecular formula is C15H19NO. The molecule has 0 saturated heterocycles. The van der Waals surface area contributed by atoms with Crippen molar-refractivity contribution in [1.82, 2.24) is 4.90 Å². The van der Waals surface area contributed by atoms with E-state index < -0.39 is 0 Å². The normalized spacial score (nSPS) is 29.4. The van der Waals surface area contributed by atoms with Crippen LogP contribution in [0, 0.1) is 0 Å². The molecule has 0 radical (unpaired) electrons. The van der Waals surface area contributed by atoms with Crippen LogP contribution in [0.4, 0.5) is 0 Å². The Bertz CT molecular complexity index is 454. The highest BCUT2D eigenvalue weighted by molar-refractivity contribution is 5.81. The molecule has 2 aliphatic rings. The van der Waals surface area contributed by atoms with E-state index in [9.17, 15) is 4.79 Å². The molecule has 1 aliphatic heterocycles. The van der Waals surface area contributed by atoms with Gasteiger partial charge in [-0.2, -0.15) is 0 Å². The van der Waals surface area contributed by atoms with Crippen molar-refractivity contribution >= 4 is 5.78 Å². The molecule has 0 N–H and O–H groups in total. The maximum absolute atomic E-state index is 11.8. The van der Waals surface area contributed by atoms with E-state index in [0.717, 1.165) is 32.4 Å². The van der Waals surface area contributed by atoms with Gasteiger partial charge in [0, 0.05) is 31.3 Å². The van der Waals surface area contributed by atoms with Gasteiger partial charge in [-0.1, -0.05) is 24.3 Å². The largest absolute Gasteiger partial charge is 0.301 e. The van der Waals surface area contributed by atoms with Crippen molar-refractivity contribution < 1.29 is 4.79 Å². The number of ketones is 1. The molecule has 0 bridgehead atoms. The number of Topliss-reactive ketones (excluding diaryl/α,β-unsaturated/α-hetero) is 1. The average Bonchev–Trinajstić information content (AvgIpc) is 2.28. The van der Waals surface area contributed by atoms with Crippen molar-refractivity contribution in [3.8, 4) is 0 Å². The Labute approximate surface area is 103 Å². The van der Waals surface area contributed by atoms with Crippen LogP contribution in [-0.4, -0.2) is 24.3 Å². The summed E-state index contributed by atoms with van der Waals surface area (Å²) in [7, 11) is 2.16. The first-order chi connectivity index (χ1) is 8.20. The minimum atomic E-state index is 0.110. The Morgan fingerprint density at radius 1 is 1.29 bits per heavy atom. The summed E-state index contributed by atoms with van der Waals surface area (Å²) in [6, 6.07) is 8.67. The van der Waals surface area contributed by atoms with E-state index in [1.807, 2.05) is 0 Å². The zero-order valence-electron chi connectivity index (χ0n) is 10.4. The maximum atomic E-state index is 11.8. The Hall–Kier alpha value is -1.15. The van der Waals surface area contributed by atoms with Crippen LogP contribution in [0.1, 0.15) is 36.8 Å². The number of hydrogen-bond acceptors (Lipinski definition) is 2. The van der Waals surface area contributed by atoms with Crippen LogP contribution in [0.3, 0.4) is 0 Å². The second-order valence-electron chi connectivity index (χ2n) is 5.68. The van der Waals surface area contributed by atoms with Gasteiger partial charge in [0.05, 0.1) is 0 Å². The van der Waals surface area contributed by atoms with Crippen LogP contribution >= 0.6 is 0 Å². The molecule has 1 spiro atoms. The fraction of sp³-hybridized carbons (Fsp3) is 0.533. The van der Waals surface area contributed by atoms with Crippen LogP contribution in [-0.2, 0) is 16.8 Å². The van der Waals surface area contributed by atoms with Crippen LogP contribution in [0.15, 0.2) is 24.3 Å². The number of carbonyl (C=O) groups is 1. The van der Waals surface area contributed by atoms with Gasteiger partial charge in [-0.25, -0.2) is 0 Å². The summed E-state index contributed by atoms with van der Waals surface area (Å²) >= 11 is 0. The van der Waals surface area contributed by atoms with Crippen molar-refractivity contribution in [1.29, 1.82) is 0 Å². The SMILES string of the molecule is CN1Cc2ccccc2C2(CCCC(=O)C2)C1. The first-order valence-corrected chi connectivity index (χ1v) is 6.48. The quantitative estimate of drug-likeness (QED) is 0.681. The average molecular weight is 229 g/mol. The minimum absolute atomic E-state index is 0.110.